The lowest BCUT2D eigenvalue weighted by atomic mass is 9.99. The molecule has 1 heterocycles. The Labute approximate surface area is 119 Å². The normalized spacial score (nSPS) is 16.8. The van der Waals surface area contributed by atoms with Gasteiger partial charge in [0, 0.05) is 27.7 Å². The fourth-order valence-corrected chi connectivity index (χ4v) is 2.79. The molecular weight excluding hydrogens is 352 g/mol. The summed E-state index contributed by atoms with van der Waals surface area (Å²) in [6.07, 6.45) is 1.60. The van der Waals surface area contributed by atoms with Gasteiger partial charge in [-0.3, -0.25) is 4.79 Å². The lowest BCUT2D eigenvalue weighted by Gasteiger charge is -2.21. The summed E-state index contributed by atoms with van der Waals surface area (Å²) in [6.45, 7) is 1.35. The summed E-state index contributed by atoms with van der Waals surface area (Å²) in [4.78, 5) is 12.0. The maximum absolute atomic E-state index is 12.0. The summed E-state index contributed by atoms with van der Waals surface area (Å²) in [6, 6.07) is 5.45. The lowest BCUT2D eigenvalue weighted by Crippen LogP contribution is -2.28. The zero-order chi connectivity index (χ0) is 12.3. The smallest absolute Gasteiger partial charge is 0.227 e. The molecule has 3 nitrogen and oxygen atoms in total. The summed E-state index contributed by atoms with van der Waals surface area (Å²) in [7, 11) is 0. The van der Waals surface area contributed by atoms with Gasteiger partial charge in [-0.2, -0.15) is 0 Å². The predicted molar refractivity (Wildman–Crippen MR) is 76.3 cm³/mol. The van der Waals surface area contributed by atoms with E-state index in [2.05, 4.69) is 27.9 Å². The largest absolute Gasteiger partial charge is 0.381 e. The molecule has 1 aliphatic rings. The topological polar surface area (TPSA) is 38.3 Å². The van der Waals surface area contributed by atoms with Crippen LogP contribution < -0.4 is 5.32 Å². The van der Waals surface area contributed by atoms with E-state index in [1.807, 2.05) is 12.1 Å². The molecule has 5 heteroatoms. The number of halogens is 2. The van der Waals surface area contributed by atoms with Gasteiger partial charge in [0.1, 0.15) is 0 Å². The summed E-state index contributed by atoms with van der Waals surface area (Å²) >= 11 is 8.03. The summed E-state index contributed by atoms with van der Waals surface area (Å²) in [5, 5.41) is 3.63. The average molecular weight is 366 g/mol. The summed E-state index contributed by atoms with van der Waals surface area (Å²) in [5.41, 5.74) is 0.825. The molecule has 0 radical (unpaired) electrons. The van der Waals surface area contributed by atoms with Gasteiger partial charge >= 0.3 is 0 Å². The monoisotopic (exact) mass is 365 g/mol. The van der Waals surface area contributed by atoms with Crippen molar-refractivity contribution in [2.24, 2.45) is 5.92 Å². The van der Waals surface area contributed by atoms with Gasteiger partial charge < -0.3 is 10.1 Å². The Bertz CT molecular complexity index is 419. The molecule has 0 aliphatic carbocycles. The van der Waals surface area contributed by atoms with Crippen molar-refractivity contribution in [1.82, 2.24) is 0 Å². The first-order chi connectivity index (χ1) is 8.16. The second-order valence-corrected chi connectivity index (χ2v) is 5.60. The van der Waals surface area contributed by atoms with Crippen LogP contribution in [0.5, 0.6) is 0 Å². The van der Waals surface area contributed by atoms with E-state index in [0.29, 0.717) is 18.2 Å². The Hall–Kier alpha value is -0.330. The molecule has 1 amide bonds. The van der Waals surface area contributed by atoms with Gasteiger partial charge in [-0.25, -0.2) is 0 Å². The second-order valence-electron chi connectivity index (χ2n) is 4.00. The minimum Gasteiger partial charge on any atom is -0.381 e. The van der Waals surface area contributed by atoms with E-state index >= 15 is 0 Å². The number of benzene rings is 1. The molecule has 2 rings (SSSR count). The van der Waals surface area contributed by atoms with Crippen molar-refractivity contribution in [3.63, 3.8) is 0 Å². The number of anilines is 1. The molecule has 1 aromatic rings. The third-order valence-electron chi connectivity index (χ3n) is 2.78. The van der Waals surface area contributed by atoms with E-state index in [9.17, 15) is 4.79 Å². The number of ether oxygens (including phenoxy) is 1. The van der Waals surface area contributed by atoms with Gasteiger partial charge in [0.15, 0.2) is 0 Å². The Morgan fingerprint density at radius 1 is 1.41 bits per heavy atom. The Morgan fingerprint density at radius 3 is 2.76 bits per heavy atom. The number of hydrogen-bond donors (Lipinski definition) is 1. The van der Waals surface area contributed by atoms with Crippen molar-refractivity contribution in [3.05, 3.63) is 26.8 Å². The van der Waals surface area contributed by atoms with E-state index in [1.54, 1.807) is 6.07 Å². The van der Waals surface area contributed by atoms with E-state index in [0.717, 1.165) is 22.1 Å². The quantitative estimate of drug-likeness (QED) is 0.817. The number of carbonyl (C=O) groups is 1. The SMILES string of the molecule is O=C(Nc1ccc(Cl)cc1I)C1CCOCC1. The maximum Gasteiger partial charge on any atom is 0.227 e. The molecule has 1 saturated heterocycles. The highest BCUT2D eigenvalue weighted by atomic mass is 127. The standard InChI is InChI=1S/C12H13ClINO2/c13-9-1-2-11(10(14)7-9)15-12(16)8-3-5-17-6-4-8/h1-2,7-8H,3-6H2,(H,15,16). The molecule has 1 fully saturated rings. The van der Waals surface area contributed by atoms with E-state index < -0.39 is 0 Å². The molecular formula is C12H13ClINO2. The molecule has 0 saturated carbocycles. The fraction of sp³-hybridized carbons (Fsp3) is 0.417. The Morgan fingerprint density at radius 2 is 2.12 bits per heavy atom. The van der Waals surface area contributed by atoms with Crippen LogP contribution in [0.25, 0.3) is 0 Å². The highest BCUT2D eigenvalue weighted by molar-refractivity contribution is 14.1. The van der Waals surface area contributed by atoms with E-state index in [-0.39, 0.29) is 11.8 Å². The van der Waals surface area contributed by atoms with Crippen LogP contribution in [-0.2, 0) is 9.53 Å². The highest BCUT2D eigenvalue weighted by Crippen LogP contribution is 2.24. The van der Waals surface area contributed by atoms with Crippen LogP contribution in [0, 0.1) is 9.49 Å². The number of amides is 1. The van der Waals surface area contributed by atoms with Gasteiger partial charge in [-0.15, -0.1) is 0 Å². The highest BCUT2D eigenvalue weighted by Gasteiger charge is 2.21. The molecule has 1 aromatic carbocycles. The number of rotatable bonds is 2. The van der Waals surface area contributed by atoms with Gasteiger partial charge in [0.25, 0.3) is 0 Å². The fourth-order valence-electron chi connectivity index (χ4n) is 1.79. The van der Waals surface area contributed by atoms with Gasteiger partial charge in [0.2, 0.25) is 5.91 Å². The van der Waals surface area contributed by atoms with Gasteiger partial charge in [0.05, 0.1) is 5.69 Å². The molecule has 0 spiro atoms. The van der Waals surface area contributed by atoms with Gasteiger partial charge in [-0.05, 0) is 53.6 Å². The molecule has 1 N–H and O–H groups in total. The number of nitrogens with one attached hydrogen (secondary N) is 1. The molecule has 1 aliphatic heterocycles. The van der Waals surface area contributed by atoms with Gasteiger partial charge in [-0.1, -0.05) is 11.6 Å². The summed E-state index contributed by atoms with van der Waals surface area (Å²) in [5.74, 6) is 0.142. The molecule has 0 aromatic heterocycles. The zero-order valence-corrected chi connectivity index (χ0v) is 12.1. The zero-order valence-electron chi connectivity index (χ0n) is 9.21. The first-order valence-electron chi connectivity index (χ1n) is 5.50. The molecule has 0 unspecified atom stereocenters. The van der Waals surface area contributed by atoms with E-state index in [1.165, 1.54) is 0 Å². The van der Waals surface area contributed by atoms with Crippen molar-refractivity contribution in [1.29, 1.82) is 0 Å². The van der Waals surface area contributed by atoms with Crippen molar-refractivity contribution < 1.29 is 9.53 Å². The van der Waals surface area contributed by atoms with Crippen LogP contribution in [0.4, 0.5) is 5.69 Å². The Balaban J connectivity index is 2.02. The minimum atomic E-state index is 0.0650. The Kier molecular flexibility index (Phi) is 4.64. The van der Waals surface area contributed by atoms with Crippen LogP contribution in [0.1, 0.15) is 12.8 Å². The lowest BCUT2D eigenvalue weighted by molar-refractivity contribution is -0.122. The van der Waals surface area contributed by atoms with Crippen molar-refractivity contribution in [3.8, 4) is 0 Å². The van der Waals surface area contributed by atoms with Crippen molar-refractivity contribution >= 4 is 45.8 Å². The molecule has 17 heavy (non-hydrogen) atoms. The molecule has 0 bridgehead atoms. The first kappa shape index (κ1) is 13.1. The predicted octanol–water partition coefficient (Wildman–Crippen LogP) is 3.31. The van der Waals surface area contributed by atoms with Crippen LogP contribution in [-0.4, -0.2) is 19.1 Å². The van der Waals surface area contributed by atoms with Crippen LogP contribution in [0.2, 0.25) is 5.02 Å². The first-order valence-corrected chi connectivity index (χ1v) is 6.96. The number of hydrogen-bond acceptors (Lipinski definition) is 2. The van der Waals surface area contributed by atoms with Crippen LogP contribution in [0.3, 0.4) is 0 Å². The third kappa shape index (κ3) is 3.56. The van der Waals surface area contributed by atoms with Crippen LogP contribution in [0.15, 0.2) is 18.2 Å². The molecule has 0 atom stereocenters. The van der Waals surface area contributed by atoms with Crippen molar-refractivity contribution in [2.45, 2.75) is 12.8 Å². The minimum absolute atomic E-state index is 0.0650. The van der Waals surface area contributed by atoms with Crippen molar-refractivity contribution in [2.75, 3.05) is 18.5 Å². The maximum atomic E-state index is 12.0. The molecule has 92 valence electrons. The average Bonchev–Trinajstić information content (AvgIpc) is 2.34. The number of carbonyl (C=O) groups excluding carboxylic acids is 1. The van der Waals surface area contributed by atoms with Crippen LogP contribution >= 0.6 is 34.2 Å². The third-order valence-corrected chi connectivity index (χ3v) is 3.91. The van der Waals surface area contributed by atoms with E-state index in [4.69, 9.17) is 16.3 Å². The second kappa shape index (κ2) is 6.02. The summed E-state index contributed by atoms with van der Waals surface area (Å²) < 4.78 is 6.19.